The molecule has 3 aromatic carbocycles. The molecule has 3 aromatic rings. The number of carbonyl (C=O) groups is 1. The molecule has 0 bridgehead atoms. The van der Waals surface area contributed by atoms with Crippen molar-refractivity contribution in [2.45, 2.75) is 17.1 Å². The Morgan fingerprint density at radius 2 is 1.79 bits per heavy atom. The molecule has 1 atom stereocenters. The Kier molecular flexibility index (Phi) is 6.49. The lowest BCUT2D eigenvalue weighted by Crippen LogP contribution is -2.19. The van der Waals surface area contributed by atoms with E-state index in [0.717, 1.165) is 16.0 Å². The summed E-state index contributed by atoms with van der Waals surface area (Å²) in [6.07, 6.45) is 0. The van der Waals surface area contributed by atoms with Gasteiger partial charge in [-0.1, -0.05) is 41.9 Å². The predicted octanol–water partition coefficient (Wildman–Crippen LogP) is 5.71. The van der Waals surface area contributed by atoms with E-state index in [0.29, 0.717) is 22.1 Å². The van der Waals surface area contributed by atoms with Crippen molar-refractivity contribution in [3.05, 3.63) is 82.9 Å². The normalized spacial score (nSPS) is 11.7. The van der Waals surface area contributed by atoms with Crippen molar-refractivity contribution in [3.8, 4) is 5.75 Å². The zero-order chi connectivity index (χ0) is 20.1. The first-order chi connectivity index (χ1) is 13.5. The van der Waals surface area contributed by atoms with Gasteiger partial charge < -0.3 is 15.8 Å². The largest absolute Gasteiger partial charge is 0.495 e. The summed E-state index contributed by atoms with van der Waals surface area (Å²) in [6.45, 7) is 1.88. The summed E-state index contributed by atoms with van der Waals surface area (Å²) < 4.78 is 5.38. The van der Waals surface area contributed by atoms with Crippen molar-refractivity contribution >= 4 is 40.6 Å². The van der Waals surface area contributed by atoms with Crippen molar-refractivity contribution in [3.63, 3.8) is 0 Å². The molecule has 0 aromatic heterocycles. The fraction of sp³-hybridized carbons (Fsp3) is 0.136. The van der Waals surface area contributed by atoms with Crippen LogP contribution in [-0.4, -0.2) is 13.0 Å². The smallest absolute Gasteiger partial charge is 0.242 e. The van der Waals surface area contributed by atoms with Gasteiger partial charge in [-0.2, -0.15) is 0 Å². The molecule has 0 fully saturated rings. The van der Waals surface area contributed by atoms with Crippen LogP contribution < -0.4 is 15.8 Å². The maximum Gasteiger partial charge on any atom is 0.242 e. The molecule has 0 saturated heterocycles. The lowest BCUT2D eigenvalue weighted by Gasteiger charge is -2.19. The van der Waals surface area contributed by atoms with E-state index in [1.165, 1.54) is 11.8 Å². The molecule has 4 nitrogen and oxygen atoms in total. The zero-order valence-electron chi connectivity index (χ0n) is 15.6. The number of nitrogens with one attached hydrogen (secondary N) is 1. The summed E-state index contributed by atoms with van der Waals surface area (Å²) in [7, 11) is 1.55. The number of nitrogen functional groups attached to an aromatic ring is 1. The highest BCUT2D eigenvalue weighted by atomic mass is 35.5. The van der Waals surface area contributed by atoms with Gasteiger partial charge in [-0.05, 0) is 48.4 Å². The summed E-state index contributed by atoms with van der Waals surface area (Å²) in [5.74, 6) is 0.376. The second-order valence-corrected chi connectivity index (χ2v) is 7.85. The number of amides is 1. The highest BCUT2D eigenvalue weighted by Gasteiger charge is 2.23. The molecule has 0 radical (unpaired) electrons. The number of halogens is 1. The summed E-state index contributed by atoms with van der Waals surface area (Å²) in [6, 6.07) is 20.7. The first-order valence-electron chi connectivity index (χ1n) is 8.70. The highest BCUT2D eigenvalue weighted by Crippen LogP contribution is 2.38. The first kappa shape index (κ1) is 20.1. The molecule has 1 amide bonds. The van der Waals surface area contributed by atoms with Gasteiger partial charge in [0.2, 0.25) is 5.91 Å². The average molecular weight is 413 g/mol. The van der Waals surface area contributed by atoms with Gasteiger partial charge in [0.15, 0.2) is 0 Å². The standard InChI is InChI=1S/C22H21ClN2O2S/c1-14-12-19(20(27-2)13-18(14)23)25-22(26)21(15-6-4-3-5-7-15)28-17-10-8-16(24)9-11-17/h3-13,21H,24H2,1-2H3,(H,25,26). The fourth-order valence-electron chi connectivity index (χ4n) is 2.71. The molecule has 0 aliphatic rings. The molecule has 144 valence electrons. The van der Waals surface area contributed by atoms with Crippen LogP contribution in [0.15, 0.2) is 71.6 Å². The van der Waals surface area contributed by atoms with Crippen LogP contribution in [0.4, 0.5) is 11.4 Å². The Hall–Kier alpha value is -2.63. The number of hydrogen-bond donors (Lipinski definition) is 2. The Balaban J connectivity index is 1.91. The molecule has 3 N–H and O–H groups in total. The Bertz CT molecular complexity index is 962. The molecular formula is C22H21ClN2O2S. The maximum atomic E-state index is 13.2. The summed E-state index contributed by atoms with van der Waals surface area (Å²) >= 11 is 7.64. The van der Waals surface area contributed by atoms with E-state index in [1.807, 2.05) is 67.6 Å². The molecule has 0 spiro atoms. The number of thioether (sulfide) groups is 1. The second kappa shape index (κ2) is 9.04. The van der Waals surface area contributed by atoms with Gasteiger partial charge in [0.05, 0.1) is 12.8 Å². The van der Waals surface area contributed by atoms with E-state index in [4.69, 9.17) is 22.1 Å². The van der Waals surface area contributed by atoms with Crippen LogP contribution in [0.25, 0.3) is 0 Å². The van der Waals surface area contributed by atoms with Crippen molar-refractivity contribution in [1.82, 2.24) is 0 Å². The zero-order valence-corrected chi connectivity index (χ0v) is 17.2. The number of ether oxygens (including phenoxy) is 1. The van der Waals surface area contributed by atoms with Crippen molar-refractivity contribution in [1.29, 1.82) is 0 Å². The third-order valence-corrected chi connectivity index (χ3v) is 5.89. The molecular weight excluding hydrogens is 392 g/mol. The second-order valence-electron chi connectivity index (χ2n) is 6.27. The molecule has 0 aliphatic carbocycles. The van der Waals surface area contributed by atoms with E-state index < -0.39 is 5.25 Å². The van der Waals surface area contributed by atoms with Crippen LogP contribution in [0.2, 0.25) is 5.02 Å². The average Bonchev–Trinajstić information content (AvgIpc) is 2.70. The number of rotatable bonds is 6. The van der Waals surface area contributed by atoms with Crippen molar-refractivity contribution in [2.24, 2.45) is 0 Å². The summed E-state index contributed by atoms with van der Waals surface area (Å²) in [4.78, 5) is 14.2. The lowest BCUT2D eigenvalue weighted by molar-refractivity contribution is -0.115. The number of anilines is 2. The fourth-order valence-corrected chi connectivity index (χ4v) is 3.89. The Morgan fingerprint density at radius 3 is 2.43 bits per heavy atom. The number of hydrogen-bond acceptors (Lipinski definition) is 4. The van der Waals surface area contributed by atoms with Crippen LogP contribution in [0, 0.1) is 6.92 Å². The van der Waals surface area contributed by atoms with E-state index >= 15 is 0 Å². The van der Waals surface area contributed by atoms with Gasteiger partial charge >= 0.3 is 0 Å². The topological polar surface area (TPSA) is 64.3 Å². The molecule has 3 rings (SSSR count). The highest BCUT2D eigenvalue weighted by molar-refractivity contribution is 8.00. The van der Waals surface area contributed by atoms with Crippen LogP contribution in [0.1, 0.15) is 16.4 Å². The molecule has 0 heterocycles. The molecule has 28 heavy (non-hydrogen) atoms. The van der Waals surface area contributed by atoms with Gasteiger partial charge in [0.1, 0.15) is 11.0 Å². The number of nitrogens with two attached hydrogens (primary N) is 1. The van der Waals surface area contributed by atoms with Crippen LogP contribution >= 0.6 is 23.4 Å². The monoisotopic (exact) mass is 412 g/mol. The van der Waals surface area contributed by atoms with E-state index in [-0.39, 0.29) is 5.91 Å². The predicted molar refractivity (Wildman–Crippen MR) is 117 cm³/mol. The van der Waals surface area contributed by atoms with Gasteiger partial charge in [0, 0.05) is 21.7 Å². The number of benzene rings is 3. The minimum Gasteiger partial charge on any atom is -0.495 e. The van der Waals surface area contributed by atoms with Crippen LogP contribution in [-0.2, 0) is 4.79 Å². The third kappa shape index (κ3) is 4.80. The summed E-state index contributed by atoms with van der Waals surface area (Å²) in [5.41, 5.74) is 8.82. The SMILES string of the molecule is COc1cc(Cl)c(C)cc1NC(=O)C(Sc1ccc(N)cc1)c1ccccc1. The van der Waals surface area contributed by atoms with Crippen LogP contribution in [0.3, 0.4) is 0 Å². The molecule has 1 unspecified atom stereocenters. The van der Waals surface area contributed by atoms with Crippen molar-refractivity contribution in [2.75, 3.05) is 18.2 Å². The quantitative estimate of drug-likeness (QED) is 0.402. The van der Waals surface area contributed by atoms with Gasteiger partial charge in [-0.15, -0.1) is 11.8 Å². The number of aryl methyl sites for hydroxylation is 1. The minimum absolute atomic E-state index is 0.145. The Morgan fingerprint density at radius 1 is 1.11 bits per heavy atom. The maximum absolute atomic E-state index is 13.2. The van der Waals surface area contributed by atoms with E-state index in [9.17, 15) is 4.79 Å². The first-order valence-corrected chi connectivity index (χ1v) is 9.96. The van der Waals surface area contributed by atoms with Crippen molar-refractivity contribution < 1.29 is 9.53 Å². The molecule has 0 saturated carbocycles. The van der Waals surface area contributed by atoms with Crippen LogP contribution in [0.5, 0.6) is 5.75 Å². The van der Waals surface area contributed by atoms with Gasteiger partial charge in [-0.3, -0.25) is 4.79 Å². The van der Waals surface area contributed by atoms with E-state index in [2.05, 4.69) is 5.32 Å². The van der Waals surface area contributed by atoms with Gasteiger partial charge in [-0.25, -0.2) is 0 Å². The molecule has 0 aliphatic heterocycles. The number of carbonyl (C=O) groups excluding carboxylic acids is 1. The lowest BCUT2D eigenvalue weighted by atomic mass is 10.1. The Labute approximate surface area is 174 Å². The third-order valence-electron chi connectivity index (χ3n) is 4.21. The van der Waals surface area contributed by atoms with E-state index in [1.54, 1.807) is 13.2 Å². The molecule has 6 heteroatoms. The number of methoxy groups -OCH3 is 1. The minimum atomic E-state index is -0.439. The van der Waals surface area contributed by atoms with Gasteiger partial charge in [0.25, 0.3) is 0 Å². The summed E-state index contributed by atoms with van der Waals surface area (Å²) in [5, 5.41) is 3.14.